The summed E-state index contributed by atoms with van der Waals surface area (Å²) in [7, 11) is 0. The number of likely N-dealkylation sites (tertiary alicyclic amines) is 1. The van der Waals surface area contributed by atoms with Gasteiger partial charge in [0.1, 0.15) is 6.54 Å². The number of nitrogens with one attached hydrogen (secondary N) is 1. The highest BCUT2D eigenvalue weighted by Crippen LogP contribution is 2.06. The Bertz CT molecular complexity index is 396. The molecule has 0 aromatic heterocycles. The van der Waals surface area contributed by atoms with Gasteiger partial charge < -0.3 is 20.2 Å². The predicted octanol–water partition coefficient (Wildman–Crippen LogP) is -0.662. The normalized spacial score (nSPS) is 13.7. The van der Waals surface area contributed by atoms with Crippen LogP contribution in [0.15, 0.2) is 0 Å². The van der Waals surface area contributed by atoms with Gasteiger partial charge in [0.25, 0.3) is 0 Å². The minimum absolute atomic E-state index is 0.115. The van der Waals surface area contributed by atoms with Gasteiger partial charge in [0.15, 0.2) is 0 Å². The molecular formula is C12H17N3O4. The molecule has 7 heteroatoms. The van der Waals surface area contributed by atoms with Crippen molar-refractivity contribution in [3.05, 3.63) is 0 Å². The summed E-state index contributed by atoms with van der Waals surface area (Å²) in [6.07, 6.45) is 7.01. The van der Waals surface area contributed by atoms with E-state index in [2.05, 4.69) is 11.2 Å². The van der Waals surface area contributed by atoms with Crippen LogP contribution in [0.5, 0.6) is 0 Å². The first kappa shape index (κ1) is 14.8. The van der Waals surface area contributed by atoms with Gasteiger partial charge in [0, 0.05) is 13.1 Å². The Morgan fingerprint density at radius 2 is 1.95 bits per heavy atom. The van der Waals surface area contributed by atoms with Crippen molar-refractivity contribution in [1.29, 1.82) is 0 Å². The van der Waals surface area contributed by atoms with E-state index in [0.717, 1.165) is 17.7 Å². The van der Waals surface area contributed by atoms with Crippen LogP contribution in [-0.2, 0) is 9.59 Å². The summed E-state index contributed by atoms with van der Waals surface area (Å²) in [5.41, 5.74) is 0. The lowest BCUT2D eigenvalue weighted by atomic mass is 10.4. The molecule has 1 saturated heterocycles. The van der Waals surface area contributed by atoms with Gasteiger partial charge in [-0.15, -0.1) is 6.42 Å². The summed E-state index contributed by atoms with van der Waals surface area (Å²) < 4.78 is 0. The number of rotatable bonds is 5. The van der Waals surface area contributed by atoms with Crippen LogP contribution in [0.2, 0.25) is 0 Å². The van der Waals surface area contributed by atoms with Crippen LogP contribution < -0.4 is 5.32 Å². The van der Waals surface area contributed by atoms with Crippen molar-refractivity contribution in [2.45, 2.75) is 12.8 Å². The molecule has 1 aliphatic heterocycles. The molecular weight excluding hydrogens is 250 g/mol. The van der Waals surface area contributed by atoms with E-state index in [9.17, 15) is 14.4 Å². The summed E-state index contributed by atoms with van der Waals surface area (Å²) >= 11 is 0. The average Bonchev–Trinajstić information content (AvgIpc) is 2.88. The van der Waals surface area contributed by atoms with Gasteiger partial charge in [-0.05, 0) is 12.8 Å². The summed E-state index contributed by atoms with van der Waals surface area (Å²) in [5.74, 6) is 0.882. The molecule has 0 radical (unpaired) electrons. The molecule has 0 aromatic carbocycles. The molecule has 0 atom stereocenters. The zero-order chi connectivity index (χ0) is 14.3. The maximum Gasteiger partial charge on any atom is 0.323 e. The highest BCUT2D eigenvalue weighted by Gasteiger charge is 2.20. The Morgan fingerprint density at radius 1 is 1.32 bits per heavy atom. The van der Waals surface area contributed by atoms with Gasteiger partial charge >= 0.3 is 12.0 Å². The summed E-state index contributed by atoms with van der Waals surface area (Å²) in [6, 6.07) is -0.645. The van der Waals surface area contributed by atoms with Crippen molar-refractivity contribution in [3.8, 4) is 12.3 Å². The van der Waals surface area contributed by atoms with Crippen molar-refractivity contribution in [2.24, 2.45) is 0 Å². The van der Waals surface area contributed by atoms with Crippen LogP contribution in [-0.4, -0.2) is 65.5 Å². The fourth-order valence-electron chi connectivity index (χ4n) is 1.81. The number of carbonyl (C=O) groups is 3. The second kappa shape index (κ2) is 7.26. The van der Waals surface area contributed by atoms with E-state index in [1.807, 2.05) is 0 Å². The highest BCUT2D eigenvalue weighted by atomic mass is 16.4. The zero-order valence-corrected chi connectivity index (χ0v) is 10.6. The van der Waals surface area contributed by atoms with Crippen LogP contribution in [0, 0.1) is 12.3 Å². The molecule has 104 valence electrons. The standard InChI is InChI=1S/C12H17N3O4/c1-2-5-15(9-11(17)18)12(19)13-8-10(16)14-6-3-4-7-14/h1H,3-9H2,(H,13,19)(H,17,18). The number of urea groups is 1. The Morgan fingerprint density at radius 3 is 2.47 bits per heavy atom. The fraction of sp³-hybridized carbons (Fsp3) is 0.583. The molecule has 19 heavy (non-hydrogen) atoms. The lowest BCUT2D eigenvalue weighted by Gasteiger charge is -2.20. The Hall–Kier alpha value is -2.23. The minimum Gasteiger partial charge on any atom is -0.480 e. The monoisotopic (exact) mass is 267 g/mol. The van der Waals surface area contributed by atoms with Crippen molar-refractivity contribution >= 4 is 17.9 Å². The Kier molecular flexibility index (Phi) is 5.67. The van der Waals surface area contributed by atoms with Crippen molar-refractivity contribution < 1.29 is 19.5 Å². The smallest absolute Gasteiger partial charge is 0.323 e. The van der Waals surface area contributed by atoms with E-state index in [1.165, 1.54) is 0 Å². The first-order valence-electron chi connectivity index (χ1n) is 6.00. The molecule has 0 aliphatic carbocycles. The molecule has 1 fully saturated rings. The molecule has 0 bridgehead atoms. The van der Waals surface area contributed by atoms with E-state index >= 15 is 0 Å². The summed E-state index contributed by atoms with van der Waals surface area (Å²) in [6.45, 7) is 0.666. The molecule has 2 N–H and O–H groups in total. The third-order valence-corrected chi connectivity index (χ3v) is 2.75. The molecule has 3 amide bonds. The number of carboxylic acids is 1. The third-order valence-electron chi connectivity index (χ3n) is 2.75. The van der Waals surface area contributed by atoms with E-state index < -0.39 is 18.5 Å². The van der Waals surface area contributed by atoms with Crippen LogP contribution >= 0.6 is 0 Å². The second-order valence-corrected chi connectivity index (χ2v) is 4.20. The molecule has 0 unspecified atom stereocenters. The molecule has 0 aromatic rings. The summed E-state index contributed by atoms with van der Waals surface area (Å²) in [5, 5.41) is 11.0. The van der Waals surface area contributed by atoms with Crippen LogP contribution in [0.25, 0.3) is 0 Å². The maximum absolute atomic E-state index is 11.7. The third kappa shape index (κ3) is 4.87. The predicted molar refractivity (Wildman–Crippen MR) is 67.3 cm³/mol. The van der Waals surface area contributed by atoms with Gasteiger partial charge in [0.05, 0.1) is 13.1 Å². The quantitative estimate of drug-likeness (QED) is 0.647. The Balaban J connectivity index is 2.40. The van der Waals surface area contributed by atoms with Crippen LogP contribution in [0.1, 0.15) is 12.8 Å². The molecule has 1 rings (SSSR count). The minimum atomic E-state index is -1.16. The molecule has 7 nitrogen and oxygen atoms in total. The average molecular weight is 267 g/mol. The molecule has 0 spiro atoms. The van der Waals surface area contributed by atoms with Crippen LogP contribution in [0.4, 0.5) is 4.79 Å². The number of carbonyl (C=O) groups excluding carboxylic acids is 2. The van der Waals surface area contributed by atoms with Crippen molar-refractivity contribution in [3.63, 3.8) is 0 Å². The first-order chi connectivity index (χ1) is 9.04. The number of aliphatic carboxylic acids is 1. The molecule has 1 aliphatic rings. The molecule has 1 heterocycles. The van der Waals surface area contributed by atoms with Gasteiger partial charge in [-0.2, -0.15) is 0 Å². The van der Waals surface area contributed by atoms with E-state index in [4.69, 9.17) is 11.5 Å². The van der Waals surface area contributed by atoms with Crippen LogP contribution in [0.3, 0.4) is 0 Å². The fourth-order valence-corrected chi connectivity index (χ4v) is 1.81. The topological polar surface area (TPSA) is 90.0 Å². The zero-order valence-electron chi connectivity index (χ0n) is 10.6. The highest BCUT2D eigenvalue weighted by molar-refractivity contribution is 5.85. The SMILES string of the molecule is C#CCN(CC(=O)O)C(=O)NCC(=O)N1CCCC1. The largest absolute Gasteiger partial charge is 0.480 e. The van der Waals surface area contributed by atoms with Gasteiger partial charge in [-0.3, -0.25) is 9.59 Å². The van der Waals surface area contributed by atoms with Crippen molar-refractivity contribution in [2.75, 3.05) is 32.7 Å². The number of hydrogen-bond donors (Lipinski definition) is 2. The summed E-state index contributed by atoms with van der Waals surface area (Å²) in [4.78, 5) is 36.6. The van der Waals surface area contributed by atoms with E-state index in [0.29, 0.717) is 13.1 Å². The molecule has 0 saturated carbocycles. The number of hydrogen-bond acceptors (Lipinski definition) is 3. The first-order valence-corrected chi connectivity index (χ1v) is 6.00. The lowest BCUT2D eigenvalue weighted by Crippen LogP contribution is -2.46. The lowest BCUT2D eigenvalue weighted by molar-refractivity contribution is -0.137. The Labute approximate surface area is 111 Å². The van der Waals surface area contributed by atoms with Gasteiger partial charge in [0.2, 0.25) is 5.91 Å². The van der Waals surface area contributed by atoms with E-state index in [-0.39, 0.29) is 19.0 Å². The number of nitrogens with zero attached hydrogens (tertiary/aromatic N) is 2. The second-order valence-electron chi connectivity index (χ2n) is 4.20. The van der Waals surface area contributed by atoms with Crippen molar-refractivity contribution in [1.82, 2.24) is 15.1 Å². The van der Waals surface area contributed by atoms with Gasteiger partial charge in [-0.1, -0.05) is 5.92 Å². The number of carboxylic acid groups (broad SMARTS) is 1. The number of amides is 3. The van der Waals surface area contributed by atoms with Gasteiger partial charge in [-0.25, -0.2) is 4.79 Å². The maximum atomic E-state index is 11.7. The van der Waals surface area contributed by atoms with E-state index in [1.54, 1.807) is 4.90 Å². The number of terminal acetylenes is 1.